The molecule has 28 heavy (non-hydrogen) atoms. The molecule has 0 spiro atoms. The maximum absolute atomic E-state index is 4.16. The number of aryl methyl sites for hydroxylation is 1. The van der Waals surface area contributed by atoms with Gasteiger partial charge in [-0.15, -0.1) is 0 Å². The van der Waals surface area contributed by atoms with Crippen molar-refractivity contribution in [3.8, 4) is 0 Å². The molecule has 0 amide bonds. The van der Waals surface area contributed by atoms with E-state index in [4.69, 9.17) is 0 Å². The van der Waals surface area contributed by atoms with E-state index in [1.165, 1.54) is 49.1 Å². The summed E-state index contributed by atoms with van der Waals surface area (Å²) in [5, 5.41) is 0. The van der Waals surface area contributed by atoms with Crippen LogP contribution >= 0.6 is 0 Å². The zero-order valence-electron chi connectivity index (χ0n) is 18.3. The third kappa shape index (κ3) is 8.71. The predicted octanol–water partition coefficient (Wildman–Crippen LogP) is 7.39. The highest BCUT2D eigenvalue weighted by Crippen LogP contribution is 2.20. The van der Waals surface area contributed by atoms with Gasteiger partial charge in [-0.2, -0.15) is 0 Å². The smallest absolute Gasteiger partial charge is 0.00157 e. The summed E-state index contributed by atoms with van der Waals surface area (Å²) in [4.78, 5) is 2.57. The van der Waals surface area contributed by atoms with Crippen LogP contribution in [0.25, 0.3) is 5.57 Å². The lowest BCUT2D eigenvalue weighted by atomic mass is 9.99. The maximum Gasteiger partial charge on any atom is -0.00157 e. The van der Waals surface area contributed by atoms with Crippen LogP contribution in [0.5, 0.6) is 0 Å². The number of benzene rings is 1. The maximum atomic E-state index is 4.16. The predicted molar refractivity (Wildman–Crippen MR) is 128 cm³/mol. The Labute approximate surface area is 173 Å². The van der Waals surface area contributed by atoms with Gasteiger partial charge in [0.15, 0.2) is 0 Å². The second-order valence-corrected chi connectivity index (χ2v) is 7.34. The highest BCUT2D eigenvalue weighted by Gasteiger charge is 2.03. The van der Waals surface area contributed by atoms with Gasteiger partial charge in [0.1, 0.15) is 0 Å². The van der Waals surface area contributed by atoms with Crippen LogP contribution in [0, 0.1) is 0 Å². The van der Waals surface area contributed by atoms with Crippen LogP contribution in [0.3, 0.4) is 0 Å². The minimum absolute atomic E-state index is 0.823. The first kappa shape index (κ1) is 23.9. The van der Waals surface area contributed by atoms with E-state index in [1.807, 2.05) is 12.2 Å². The highest BCUT2D eigenvalue weighted by atomic mass is 15.1. The molecular weight excluding hydrogens is 338 g/mol. The van der Waals surface area contributed by atoms with E-state index >= 15 is 0 Å². The Hall–Kier alpha value is -2.12. The molecule has 1 rings (SSSR count). The number of hydrogen-bond acceptors (Lipinski definition) is 1. The van der Waals surface area contributed by atoms with Gasteiger partial charge in [-0.1, -0.05) is 88.6 Å². The Morgan fingerprint density at radius 1 is 1.04 bits per heavy atom. The Morgan fingerprint density at radius 3 is 2.29 bits per heavy atom. The van der Waals surface area contributed by atoms with E-state index in [2.05, 4.69) is 75.7 Å². The molecule has 0 aliphatic rings. The first-order valence-corrected chi connectivity index (χ1v) is 10.7. The van der Waals surface area contributed by atoms with Crippen LogP contribution in [0.15, 0.2) is 79.5 Å². The summed E-state index contributed by atoms with van der Waals surface area (Å²) in [6.07, 6.45) is 13.6. The van der Waals surface area contributed by atoms with Gasteiger partial charge >= 0.3 is 0 Å². The number of rotatable bonds is 14. The monoisotopic (exact) mass is 377 g/mol. The molecule has 0 saturated heterocycles. The van der Waals surface area contributed by atoms with Crippen molar-refractivity contribution in [2.45, 2.75) is 52.9 Å². The zero-order chi connectivity index (χ0) is 20.8. The molecule has 1 aromatic carbocycles. The van der Waals surface area contributed by atoms with E-state index in [-0.39, 0.29) is 0 Å². The van der Waals surface area contributed by atoms with Crippen LogP contribution in [0.1, 0.15) is 57.6 Å². The van der Waals surface area contributed by atoms with Crippen LogP contribution in [0.4, 0.5) is 0 Å². The van der Waals surface area contributed by atoms with Crippen molar-refractivity contribution in [3.63, 3.8) is 0 Å². The number of hydrogen-bond donors (Lipinski definition) is 0. The summed E-state index contributed by atoms with van der Waals surface area (Å²) in [7, 11) is 0. The first-order chi connectivity index (χ1) is 13.5. The fourth-order valence-electron chi connectivity index (χ4n) is 3.22. The van der Waals surface area contributed by atoms with E-state index < -0.39 is 0 Å². The first-order valence-electron chi connectivity index (χ1n) is 10.7. The molecule has 1 heteroatoms. The van der Waals surface area contributed by atoms with Gasteiger partial charge < -0.3 is 4.90 Å². The molecule has 0 heterocycles. The lowest BCUT2D eigenvalue weighted by Gasteiger charge is -2.19. The van der Waals surface area contributed by atoms with Gasteiger partial charge in [-0.25, -0.2) is 0 Å². The van der Waals surface area contributed by atoms with Gasteiger partial charge in [0.05, 0.1) is 0 Å². The van der Waals surface area contributed by atoms with Gasteiger partial charge in [-0.05, 0) is 80.1 Å². The second kappa shape index (κ2) is 14.0. The molecular formula is C27H39N. The second-order valence-electron chi connectivity index (χ2n) is 7.34. The third-order valence-electron chi connectivity index (χ3n) is 5.20. The van der Waals surface area contributed by atoms with Crippen molar-refractivity contribution < 1.29 is 0 Å². The quantitative estimate of drug-likeness (QED) is 0.305. The standard InChI is InChI=1S/C27H39N/c1-7-11-21-28(10-4)22-12-14-25-17-19-27(20-18-25)24(6)16-15-23(5)26(9-3)13-8-2/h8-9,13,16-20H,2-3,5,7,10-12,14-15,21-22H2,1,4,6H3/b24-16+,26-13+. The summed E-state index contributed by atoms with van der Waals surface area (Å²) in [6.45, 7) is 22.0. The van der Waals surface area contributed by atoms with E-state index in [0.717, 1.165) is 30.5 Å². The lowest BCUT2D eigenvalue weighted by molar-refractivity contribution is 0.280. The molecule has 0 saturated carbocycles. The molecule has 152 valence electrons. The molecule has 1 aromatic rings. The van der Waals surface area contributed by atoms with E-state index in [9.17, 15) is 0 Å². The average Bonchev–Trinajstić information content (AvgIpc) is 2.72. The zero-order valence-corrected chi connectivity index (χ0v) is 18.3. The Bertz CT molecular complexity index is 673. The molecule has 0 bridgehead atoms. The SMILES string of the molecule is C=C/C=C(\C=C)C(=C)C/C=C(\C)c1ccc(CCCN(CC)CCCC)cc1. The molecule has 0 unspecified atom stereocenters. The molecule has 1 nitrogen and oxygen atoms in total. The number of nitrogens with zero attached hydrogens (tertiary/aromatic N) is 1. The molecule has 0 aromatic heterocycles. The summed E-state index contributed by atoms with van der Waals surface area (Å²) < 4.78 is 0. The topological polar surface area (TPSA) is 3.24 Å². The molecule has 0 aliphatic heterocycles. The minimum atomic E-state index is 0.823. The molecule has 0 radical (unpaired) electrons. The summed E-state index contributed by atoms with van der Waals surface area (Å²) in [6, 6.07) is 9.03. The Morgan fingerprint density at radius 2 is 1.71 bits per heavy atom. The lowest BCUT2D eigenvalue weighted by Crippen LogP contribution is -2.25. The van der Waals surface area contributed by atoms with Crippen molar-refractivity contribution in [1.82, 2.24) is 4.90 Å². The van der Waals surface area contributed by atoms with Crippen LogP contribution in [-0.4, -0.2) is 24.5 Å². The van der Waals surface area contributed by atoms with Gasteiger partial charge in [0.2, 0.25) is 0 Å². The number of unbranched alkanes of at least 4 members (excludes halogenated alkanes) is 1. The largest absolute Gasteiger partial charge is 0.304 e. The normalized spacial score (nSPS) is 12.3. The molecule has 0 fully saturated rings. The Balaban J connectivity index is 2.56. The third-order valence-corrected chi connectivity index (χ3v) is 5.20. The fraction of sp³-hybridized carbons (Fsp3) is 0.407. The van der Waals surface area contributed by atoms with Crippen molar-refractivity contribution >= 4 is 5.57 Å². The average molecular weight is 378 g/mol. The van der Waals surface area contributed by atoms with Gasteiger partial charge in [0, 0.05) is 0 Å². The van der Waals surface area contributed by atoms with Crippen molar-refractivity contribution in [1.29, 1.82) is 0 Å². The fourth-order valence-corrected chi connectivity index (χ4v) is 3.22. The van der Waals surface area contributed by atoms with Crippen LogP contribution < -0.4 is 0 Å². The van der Waals surface area contributed by atoms with E-state index in [1.54, 1.807) is 6.08 Å². The van der Waals surface area contributed by atoms with E-state index in [0.29, 0.717) is 0 Å². The molecule has 0 aliphatic carbocycles. The molecule has 0 N–H and O–H groups in total. The van der Waals surface area contributed by atoms with Crippen LogP contribution in [0.2, 0.25) is 0 Å². The number of allylic oxidation sites excluding steroid dienone is 7. The molecule has 0 atom stereocenters. The van der Waals surface area contributed by atoms with Crippen molar-refractivity contribution in [3.05, 3.63) is 90.6 Å². The van der Waals surface area contributed by atoms with Gasteiger partial charge in [0.25, 0.3) is 0 Å². The minimum Gasteiger partial charge on any atom is -0.304 e. The Kier molecular flexibility index (Phi) is 11.9. The van der Waals surface area contributed by atoms with Gasteiger partial charge in [-0.3, -0.25) is 0 Å². The van der Waals surface area contributed by atoms with Crippen molar-refractivity contribution in [2.24, 2.45) is 0 Å². The van der Waals surface area contributed by atoms with Crippen molar-refractivity contribution in [2.75, 3.05) is 19.6 Å². The highest BCUT2D eigenvalue weighted by molar-refractivity contribution is 5.64. The summed E-state index contributed by atoms with van der Waals surface area (Å²) in [5.74, 6) is 0. The van der Waals surface area contributed by atoms with Crippen LogP contribution in [-0.2, 0) is 6.42 Å². The summed E-state index contributed by atoms with van der Waals surface area (Å²) in [5.41, 5.74) is 6.10. The summed E-state index contributed by atoms with van der Waals surface area (Å²) >= 11 is 0.